The summed E-state index contributed by atoms with van der Waals surface area (Å²) in [7, 11) is 0. The number of hydrogen-bond donors (Lipinski definition) is 1. The highest BCUT2D eigenvalue weighted by Gasteiger charge is 2.15. The van der Waals surface area contributed by atoms with Gasteiger partial charge in [0.25, 0.3) is 0 Å². The predicted molar refractivity (Wildman–Crippen MR) is 44.1 cm³/mol. The molecule has 0 aliphatic rings. The molecule has 0 bridgehead atoms. The Morgan fingerprint density at radius 3 is 2.64 bits per heavy atom. The van der Waals surface area contributed by atoms with Gasteiger partial charge in [0.15, 0.2) is 17.7 Å². The Bertz CT molecular complexity index is 352. The van der Waals surface area contributed by atoms with Crippen molar-refractivity contribution < 1.29 is 23.4 Å². The van der Waals surface area contributed by atoms with Gasteiger partial charge in [-0.3, -0.25) is 0 Å². The van der Waals surface area contributed by atoms with Crippen LogP contribution in [0.15, 0.2) is 18.2 Å². The molecule has 14 heavy (non-hydrogen) atoms. The molecule has 1 aromatic rings. The minimum Gasteiger partial charge on any atom is -0.479 e. The van der Waals surface area contributed by atoms with Crippen LogP contribution in [0.25, 0.3) is 0 Å². The second-order valence-electron chi connectivity index (χ2n) is 2.67. The fraction of sp³-hybridized carbons (Fsp3) is 0.222. The van der Waals surface area contributed by atoms with Crippen LogP contribution in [0.4, 0.5) is 8.78 Å². The lowest BCUT2D eigenvalue weighted by atomic mass is 10.3. The summed E-state index contributed by atoms with van der Waals surface area (Å²) in [6.07, 6.45) is -1.17. The van der Waals surface area contributed by atoms with Gasteiger partial charge in [-0.25, -0.2) is 13.6 Å². The van der Waals surface area contributed by atoms with Crippen molar-refractivity contribution in [1.82, 2.24) is 0 Å². The molecule has 1 unspecified atom stereocenters. The van der Waals surface area contributed by atoms with E-state index in [1.165, 1.54) is 6.92 Å². The fourth-order valence-electron chi connectivity index (χ4n) is 0.812. The van der Waals surface area contributed by atoms with Crippen LogP contribution in [-0.4, -0.2) is 17.2 Å². The highest BCUT2D eigenvalue weighted by atomic mass is 19.1. The number of carbonyl (C=O) groups is 1. The maximum Gasteiger partial charge on any atom is 0.344 e. The van der Waals surface area contributed by atoms with E-state index in [2.05, 4.69) is 0 Å². The third-order valence-electron chi connectivity index (χ3n) is 1.55. The van der Waals surface area contributed by atoms with E-state index in [9.17, 15) is 13.6 Å². The van der Waals surface area contributed by atoms with Gasteiger partial charge in [0.2, 0.25) is 0 Å². The van der Waals surface area contributed by atoms with Crippen molar-refractivity contribution in [3.8, 4) is 5.75 Å². The first kappa shape index (κ1) is 10.4. The lowest BCUT2D eigenvalue weighted by molar-refractivity contribution is -0.144. The molecule has 0 aromatic heterocycles. The average Bonchev–Trinajstić information content (AvgIpc) is 2.09. The third kappa shape index (κ3) is 2.42. The first-order valence-electron chi connectivity index (χ1n) is 3.85. The van der Waals surface area contributed by atoms with Gasteiger partial charge < -0.3 is 9.84 Å². The molecule has 0 heterocycles. The van der Waals surface area contributed by atoms with Gasteiger partial charge in [-0.1, -0.05) is 0 Å². The SMILES string of the molecule is CC(Oc1ccc(F)cc1F)C(=O)O. The zero-order valence-electron chi connectivity index (χ0n) is 7.33. The number of halogens is 2. The van der Waals surface area contributed by atoms with Gasteiger partial charge in [-0.05, 0) is 19.1 Å². The molecular weight excluding hydrogens is 194 g/mol. The first-order valence-corrected chi connectivity index (χ1v) is 3.85. The monoisotopic (exact) mass is 202 g/mol. The van der Waals surface area contributed by atoms with Crippen molar-refractivity contribution in [1.29, 1.82) is 0 Å². The molecule has 1 rings (SSSR count). The number of benzene rings is 1. The number of aliphatic carboxylic acids is 1. The summed E-state index contributed by atoms with van der Waals surface area (Å²) < 4.78 is 30.1. The number of carboxylic acids is 1. The van der Waals surface area contributed by atoms with Crippen LogP contribution in [0.3, 0.4) is 0 Å². The minimum atomic E-state index is -1.21. The lowest BCUT2D eigenvalue weighted by Crippen LogP contribution is -2.23. The van der Waals surface area contributed by atoms with Crippen LogP contribution < -0.4 is 4.74 Å². The Morgan fingerprint density at radius 1 is 1.50 bits per heavy atom. The van der Waals surface area contributed by atoms with Crippen LogP contribution in [0.5, 0.6) is 5.75 Å². The van der Waals surface area contributed by atoms with E-state index >= 15 is 0 Å². The number of hydrogen-bond acceptors (Lipinski definition) is 2. The molecule has 0 aliphatic carbocycles. The molecular formula is C9H8F2O3. The fourth-order valence-corrected chi connectivity index (χ4v) is 0.812. The van der Waals surface area contributed by atoms with E-state index in [1.54, 1.807) is 0 Å². The highest BCUT2D eigenvalue weighted by molar-refractivity contribution is 5.72. The quantitative estimate of drug-likeness (QED) is 0.813. The Labute approximate surface area is 78.9 Å². The van der Waals surface area contributed by atoms with E-state index in [0.29, 0.717) is 6.07 Å². The van der Waals surface area contributed by atoms with Crippen molar-refractivity contribution in [2.45, 2.75) is 13.0 Å². The van der Waals surface area contributed by atoms with Crippen molar-refractivity contribution in [2.24, 2.45) is 0 Å². The van der Waals surface area contributed by atoms with Crippen LogP contribution in [0, 0.1) is 11.6 Å². The van der Waals surface area contributed by atoms with Gasteiger partial charge in [-0.2, -0.15) is 0 Å². The van der Waals surface area contributed by atoms with Gasteiger partial charge in [-0.15, -0.1) is 0 Å². The molecule has 0 saturated heterocycles. The Kier molecular flexibility index (Phi) is 3.01. The number of rotatable bonds is 3. The van der Waals surface area contributed by atoms with E-state index in [-0.39, 0.29) is 5.75 Å². The Hall–Kier alpha value is -1.65. The average molecular weight is 202 g/mol. The van der Waals surface area contributed by atoms with E-state index < -0.39 is 23.7 Å². The molecule has 0 amide bonds. The van der Waals surface area contributed by atoms with Crippen LogP contribution in [-0.2, 0) is 4.79 Å². The van der Waals surface area contributed by atoms with Crippen molar-refractivity contribution in [3.05, 3.63) is 29.8 Å². The molecule has 0 saturated carbocycles. The highest BCUT2D eigenvalue weighted by Crippen LogP contribution is 2.18. The van der Waals surface area contributed by atoms with E-state index in [0.717, 1.165) is 12.1 Å². The largest absolute Gasteiger partial charge is 0.479 e. The third-order valence-corrected chi connectivity index (χ3v) is 1.55. The molecule has 1 N–H and O–H groups in total. The molecule has 0 fully saturated rings. The normalized spacial score (nSPS) is 12.2. The molecule has 76 valence electrons. The summed E-state index contributed by atoms with van der Waals surface area (Å²) >= 11 is 0. The number of carboxylic acid groups (broad SMARTS) is 1. The van der Waals surface area contributed by atoms with Gasteiger partial charge in [0, 0.05) is 6.07 Å². The van der Waals surface area contributed by atoms with Gasteiger partial charge in [0.05, 0.1) is 0 Å². The summed E-state index contributed by atoms with van der Waals surface area (Å²) in [6, 6.07) is 2.67. The molecule has 1 atom stereocenters. The first-order chi connectivity index (χ1) is 6.50. The van der Waals surface area contributed by atoms with E-state index in [1.807, 2.05) is 0 Å². The zero-order chi connectivity index (χ0) is 10.7. The topological polar surface area (TPSA) is 46.5 Å². The van der Waals surface area contributed by atoms with Crippen LogP contribution in [0.2, 0.25) is 0 Å². The van der Waals surface area contributed by atoms with E-state index in [4.69, 9.17) is 9.84 Å². The van der Waals surface area contributed by atoms with Crippen molar-refractivity contribution >= 4 is 5.97 Å². The second-order valence-corrected chi connectivity index (χ2v) is 2.67. The molecule has 5 heteroatoms. The minimum absolute atomic E-state index is 0.277. The van der Waals surface area contributed by atoms with Gasteiger partial charge >= 0.3 is 5.97 Å². The molecule has 0 aliphatic heterocycles. The van der Waals surface area contributed by atoms with Crippen molar-refractivity contribution in [3.63, 3.8) is 0 Å². The number of ether oxygens (including phenoxy) is 1. The second kappa shape index (κ2) is 4.04. The molecule has 0 spiro atoms. The molecule has 1 aromatic carbocycles. The Balaban J connectivity index is 2.82. The summed E-state index contributed by atoms with van der Waals surface area (Å²) in [5.74, 6) is -3.15. The van der Waals surface area contributed by atoms with Crippen molar-refractivity contribution in [2.75, 3.05) is 0 Å². The maximum absolute atomic E-state index is 12.9. The van der Waals surface area contributed by atoms with Gasteiger partial charge in [0.1, 0.15) is 5.82 Å². The molecule has 3 nitrogen and oxygen atoms in total. The smallest absolute Gasteiger partial charge is 0.344 e. The summed E-state index contributed by atoms with van der Waals surface area (Å²) in [6.45, 7) is 1.26. The summed E-state index contributed by atoms with van der Waals surface area (Å²) in [4.78, 5) is 10.4. The lowest BCUT2D eigenvalue weighted by Gasteiger charge is -2.10. The predicted octanol–water partition coefficient (Wildman–Crippen LogP) is 1.82. The maximum atomic E-state index is 12.9. The summed E-state index contributed by atoms with van der Waals surface area (Å²) in [5.41, 5.74) is 0. The Morgan fingerprint density at radius 2 is 2.14 bits per heavy atom. The standard InChI is InChI=1S/C9H8F2O3/c1-5(9(12)13)14-8-3-2-6(10)4-7(8)11/h2-5H,1H3,(H,12,13). The van der Waals surface area contributed by atoms with Crippen LogP contribution >= 0.6 is 0 Å². The zero-order valence-corrected chi connectivity index (χ0v) is 7.33. The summed E-state index contributed by atoms with van der Waals surface area (Å²) in [5, 5.41) is 8.47. The van der Waals surface area contributed by atoms with Crippen LogP contribution in [0.1, 0.15) is 6.92 Å². The molecule has 0 radical (unpaired) electrons.